The van der Waals surface area contributed by atoms with Gasteiger partial charge in [0.1, 0.15) is 0 Å². The van der Waals surface area contributed by atoms with Crippen LogP contribution in [0.1, 0.15) is 34.6 Å². The molecule has 1 saturated carbocycles. The smallest absolute Gasteiger partial charge is 0.252 e. The molecule has 5 nitrogen and oxygen atoms in total. The quantitative estimate of drug-likeness (QED) is 0.886. The summed E-state index contributed by atoms with van der Waals surface area (Å²) >= 11 is 0. The maximum absolute atomic E-state index is 12.7. The molecule has 2 aliphatic carbocycles. The monoisotopic (exact) mass is 310 g/mol. The Kier molecular flexibility index (Phi) is 3.25. The summed E-state index contributed by atoms with van der Waals surface area (Å²) in [6, 6.07) is 1.87. The Morgan fingerprint density at radius 2 is 2.17 bits per heavy atom. The third-order valence-electron chi connectivity index (χ3n) is 5.28. The number of rotatable bonds is 3. The van der Waals surface area contributed by atoms with E-state index >= 15 is 0 Å². The molecule has 2 bridgehead atoms. The van der Waals surface area contributed by atoms with E-state index in [4.69, 9.17) is 0 Å². The average molecular weight is 310 g/mol. The van der Waals surface area contributed by atoms with Crippen molar-refractivity contribution in [1.82, 2.24) is 20.1 Å². The van der Waals surface area contributed by atoms with Gasteiger partial charge >= 0.3 is 0 Å². The van der Waals surface area contributed by atoms with Crippen LogP contribution in [0, 0.1) is 31.6 Å². The first-order valence-electron chi connectivity index (χ1n) is 8.30. The zero-order chi connectivity index (χ0) is 16.1. The fraction of sp³-hybridized carbons (Fsp3) is 0.500. The van der Waals surface area contributed by atoms with E-state index < -0.39 is 0 Å². The van der Waals surface area contributed by atoms with Crippen LogP contribution >= 0.6 is 0 Å². The molecular weight excluding hydrogens is 288 g/mol. The molecule has 1 N–H and O–H groups in total. The van der Waals surface area contributed by atoms with E-state index in [1.807, 2.05) is 27.0 Å². The van der Waals surface area contributed by atoms with Gasteiger partial charge in [-0.15, -0.1) is 0 Å². The normalized spacial score (nSPS) is 25.4. The maximum atomic E-state index is 12.7. The molecule has 5 heteroatoms. The second kappa shape index (κ2) is 5.18. The highest BCUT2D eigenvalue weighted by molar-refractivity contribution is 6.06. The Bertz CT molecular complexity index is 820. The van der Waals surface area contributed by atoms with Gasteiger partial charge in [-0.25, -0.2) is 4.98 Å². The Balaban J connectivity index is 1.58. The minimum atomic E-state index is -0.0108. The molecule has 2 heterocycles. The fourth-order valence-electron chi connectivity index (χ4n) is 4.20. The molecule has 1 amide bonds. The predicted molar refractivity (Wildman–Crippen MR) is 89.2 cm³/mol. The molecule has 3 atom stereocenters. The molecule has 0 saturated heterocycles. The van der Waals surface area contributed by atoms with Crippen molar-refractivity contribution in [3.05, 3.63) is 35.2 Å². The van der Waals surface area contributed by atoms with Gasteiger partial charge in [-0.1, -0.05) is 12.2 Å². The molecule has 23 heavy (non-hydrogen) atoms. The Hall–Kier alpha value is -2.17. The second-order valence-electron chi connectivity index (χ2n) is 6.97. The summed E-state index contributed by atoms with van der Waals surface area (Å²) in [4.78, 5) is 17.3. The third-order valence-corrected chi connectivity index (χ3v) is 5.28. The van der Waals surface area contributed by atoms with E-state index in [2.05, 4.69) is 27.6 Å². The highest BCUT2D eigenvalue weighted by Gasteiger charge is 2.35. The third kappa shape index (κ3) is 2.35. The fourth-order valence-corrected chi connectivity index (χ4v) is 4.20. The van der Waals surface area contributed by atoms with Gasteiger partial charge in [0, 0.05) is 19.3 Å². The number of nitrogens with zero attached hydrogens (tertiary/aromatic N) is 3. The van der Waals surface area contributed by atoms with Gasteiger partial charge in [0.05, 0.1) is 16.6 Å². The molecule has 0 radical (unpaired) electrons. The second-order valence-corrected chi connectivity index (χ2v) is 6.97. The molecule has 0 aromatic carbocycles. The minimum absolute atomic E-state index is 0.0108. The van der Waals surface area contributed by atoms with E-state index in [1.165, 1.54) is 12.8 Å². The van der Waals surface area contributed by atoms with Gasteiger partial charge in [-0.3, -0.25) is 9.48 Å². The van der Waals surface area contributed by atoms with Crippen molar-refractivity contribution in [3.63, 3.8) is 0 Å². The SMILES string of the molecule is Cc1cc(C(=O)NC[C@@H]2C[C@@H]3C=C[C@@H]2C3)c2c(C)nn(C)c2n1. The van der Waals surface area contributed by atoms with Crippen molar-refractivity contribution in [2.24, 2.45) is 24.8 Å². The minimum Gasteiger partial charge on any atom is -0.352 e. The lowest BCUT2D eigenvalue weighted by molar-refractivity contribution is 0.0946. The van der Waals surface area contributed by atoms with E-state index in [9.17, 15) is 4.79 Å². The van der Waals surface area contributed by atoms with Crippen LogP contribution < -0.4 is 5.32 Å². The van der Waals surface area contributed by atoms with Crippen molar-refractivity contribution < 1.29 is 4.79 Å². The highest BCUT2D eigenvalue weighted by Crippen LogP contribution is 2.43. The van der Waals surface area contributed by atoms with Gasteiger partial charge in [-0.05, 0) is 50.5 Å². The number of carbonyl (C=O) groups is 1. The summed E-state index contributed by atoms with van der Waals surface area (Å²) in [5.74, 6) is 1.96. The number of hydrogen-bond donors (Lipinski definition) is 1. The Morgan fingerprint density at radius 1 is 1.35 bits per heavy atom. The molecule has 120 valence electrons. The summed E-state index contributed by atoms with van der Waals surface area (Å²) in [5.41, 5.74) is 3.16. The highest BCUT2D eigenvalue weighted by atomic mass is 16.1. The summed E-state index contributed by atoms with van der Waals surface area (Å²) < 4.78 is 1.75. The van der Waals surface area contributed by atoms with Crippen molar-refractivity contribution in [2.45, 2.75) is 26.7 Å². The van der Waals surface area contributed by atoms with Crippen LogP contribution in [0.2, 0.25) is 0 Å². The molecule has 1 fully saturated rings. The summed E-state index contributed by atoms with van der Waals surface area (Å²) in [6.07, 6.45) is 7.13. The van der Waals surface area contributed by atoms with Gasteiger partial charge in [0.2, 0.25) is 0 Å². The molecule has 0 spiro atoms. The molecule has 0 unspecified atom stereocenters. The van der Waals surface area contributed by atoms with Gasteiger partial charge in [-0.2, -0.15) is 5.10 Å². The van der Waals surface area contributed by atoms with Crippen LogP contribution in [-0.4, -0.2) is 27.2 Å². The lowest BCUT2D eigenvalue weighted by Gasteiger charge is -2.18. The standard InChI is InChI=1S/C18H22N4O/c1-10-6-15(16-11(2)21-22(3)17(16)20-10)18(23)19-9-14-8-12-4-5-13(14)7-12/h4-6,12-14H,7-9H2,1-3H3,(H,19,23)/t12-,13-,14+/m1/s1. The molecular formula is C18H22N4O. The number of carbonyl (C=O) groups excluding carboxylic acids is 1. The van der Waals surface area contributed by atoms with Crippen molar-refractivity contribution in [2.75, 3.05) is 6.54 Å². The Labute approximate surface area is 135 Å². The van der Waals surface area contributed by atoms with Gasteiger partial charge in [0.25, 0.3) is 5.91 Å². The first kappa shape index (κ1) is 14.4. The summed E-state index contributed by atoms with van der Waals surface area (Å²) in [5, 5.41) is 8.42. The number of allylic oxidation sites excluding steroid dienone is 2. The average Bonchev–Trinajstić information content (AvgIpc) is 3.20. The number of aryl methyl sites for hydroxylation is 3. The number of fused-ring (bicyclic) bond motifs is 3. The molecule has 0 aliphatic heterocycles. The zero-order valence-corrected chi connectivity index (χ0v) is 13.8. The van der Waals surface area contributed by atoms with E-state index in [1.54, 1.807) is 4.68 Å². The van der Waals surface area contributed by atoms with E-state index in [0.29, 0.717) is 17.4 Å². The summed E-state index contributed by atoms with van der Waals surface area (Å²) in [7, 11) is 1.87. The Morgan fingerprint density at radius 3 is 2.87 bits per heavy atom. The van der Waals surface area contributed by atoms with Crippen LogP contribution in [0.25, 0.3) is 11.0 Å². The number of hydrogen-bond acceptors (Lipinski definition) is 3. The van der Waals surface area contributed by atoms with Gasteiger partial charge < -0.3 is 5.32 Å². The van der Waals surface area contributed by atoms with Crippen LogP contribution in [0.4, 0.5) is 0 Å². The molecule has 4 rings (SSSR count). The lowest BCUT2D eigenvalue weighted by Crippen LogP contribution is -2.31. The first-order chi connectivity index (χ1) is 11.0. The number of aromatic nitrogens is 3. The van der Waals surface area contributed by atoms with Crippen LogP contribution in [0.3, 0.4) is 0 Å². The first-order valence-corrected chi connectivity index (χ1v) is 8.30. The van der Waals surface area contributed by atoms with Gasteiger partial charge in [0.15, 0.2) is 5.65 Å². The molecule has 2 aromatic heterocycles. The lowest BCUT2D eigenvalue weighted by atomic mass is 9.93. The molecule has 2 aromatic rings. The summed E-state index contributed by atoms with van der Waals surface area (Å²) in [6.45, 7) is 4.60. The van der Waals surface area contributed by atoms with Crippen LogP contribution in [-0.2, 0) is 7.05 Å². The molecule has 2 aliphatic rings. The zero-order valence-electron chi connectivity index (χ0n) is 13.8. The predicted octanol–water partition coefficient (Wildman–Crippen LogP) is 2.53. The van der Waals surface area contributed by atoms with Crippen LogP contribution in [0.5, 0.6) is 0 Å². The van der Waals surface area contributed by atoms with E-state index in [0.717, 1.165) is 34.9 Å². The van der Waals surface area contributed by atoms with Crippen LogP contribution in [0.15, 0.2) is 18.2 Å². The topological polar surface area (TPSA) is 59.8 Å². The largest absolute Gasteiger partial charge is 0.352 e. The van der Waals surface area contributed by atoms with Crippen molar-refractivity contribution in [1.29, 1.82) is 0 Å². The number of amides is 1. The van der Waals surface area contributed by atoms with E-state index in [-0.39, 0.29) is 5.91 Å². The van der Waals surface area contributed by atoms with Crippen molar-refractivity contribution >= 4 is 16.9 Å². The number of nitrogens with one attached hydrogen (secondary N) is 1. The number of pyridine rings is 1. The van der Waals surface area contributed by atoms with Crippen molar-refractivity contribution in [3.8, 4) is 0 Å². The maximum Gasteiger partial charge on any atom is 0.252 e.